The van der Waals surface area contributed by atoms with E-state index in [1.807, 2.05) is 12.1 Å². The summed E-state index contributed by atoms with van der Waals surface area (Å²) in [5.74, 6) is 2.27. The molecule has 2 fully saturated rings. The fourth-order valence-corrected chi connectivity index (χ4v) is 4.98. The summed E-state index contributed by atoms with van der Waals surface area (Å²) < 4.78 is 16.6. The third kappa shape index (κ3) is 4.61. The summed E-state index contributed by atoms with van der Waals surface area (Å²) in [6.07, 6.45) is 1.90. The predicted molar refractivity (Wildman–Crippen MR) is 134 cm³/mol. The smallest absolute Gasteiger partial charge is 0.233 e. The van der Waals surface area contributed by atoms with Crippen LogP contribution in [0.3, 0.4) is 0 Å². The highest BCUT2D eigenvalue weighted by atomic mass is 16.5. The van der Waals surface area contributed by atoms with E-state index in [1.54, 1.807) is 21.3 Å². The molecule has 6 nitrogen and oxygen atoms in total. The fourth-order valence-electron chi connectivity index (χ4n) is 4.98. The molecule has 1 aliphatic heterocycles. The van der Waals surface area contributed by atoms with Gasteiger partial charge in [0.2, 0.25) is 11.7 Å². The molecule has 34 heavy (non-hydrogen) atoms. The number of piperazine rings is 1. The molecule has 0 aromatic heterocycles. The van der Waals surface area contributed by atoms with Crippen LogP contribution >= 0.6 is 0 Å². The van der Waals surface area contributed by atoms with Crippen molar-refractivity contribution in [2.75, 3.05) is 47.5 Å². The van der Waals surface area contributed by atoms with Crippen LogP contribution in [0.2, 0.25) is 0 Å². The maximum absolute atomic E-state index is 13.5. The second-order valence-electron chi connectivity index (χ2n) is 10.5. The highest BCUT2D eigenvalue weighted by molar-refractivity contribution is 5.91. The Morgan fingerprint density at radius 2 is 1.47 bits per heavy atom. The van der Waals surface area contributed by atoms with Crippen molar-refractivity contribution < 1.29 is 19.0 Å². The molecular weight excluding hydrogens is 428 g/mol. The molecule has 2 aromatic rings. The third-order valence-electron chi connectivity index (χ3n) is 7.30. The van der Waals surface area contributed by atoms with E-state index in [4.69, 9.17) is 14.2 Å². The van der Waals surface area contributed by atoms with Crippen molar-refractivity contribution in [3.05, 3.63) is 53.1 Å². The van der Waals surface area contributed by atoms with Crippen LogP contribution in [0.4, 0.5) is 0 Å². The van der Waals surface area contributed by atoms with Crippen molar-refractivity contribution in [1.82, 2.24) is 9.80 Å². The van der Waals surface area contributed by atoms with Gasteiger partial charge in [-0.1, -0.05) is 51.1 Å². The van der Waals surface area contributed by atoms with Crippen LogP contribution in [-0.4, -0.2) is 63.2 Å². The largest absolute Gasteiger partial charge is 0.493 e. The van der Waals surface area contributed by atoms with Crippen LogP contribution < -0.4 is 14.2 Å². The van der Waals surface area contributed by atoms with E-state index in [0.29, 0.717) is 23.2 Å². The molecule has 0 spiro atoms. The third-order valence-corrected chi connectivity index (χ3v) is 7.30. The maximum Gasteiger partial charge on any atom is 0.233 e. The molecule has 1 heterocycles. The standard InChI is InChI=1S/C28H38N2O4/c1-27(2,3)21-8-10-22(11-9-21)28(13-14-28)26(31)30-17-15-29(16-18-30)19-20-7-12-23(32-4)25(34-6)24(20)33-5/h7-12H,13-19H2,1-6H3. The fraction of sp³-hybridized carbons (Fsp3) is 0.536. The van der Waals surface area contributed by atoms with Gasteiger partial charge in [-0.15, -0.1) is 0 Å². The number of methoxy groups -OCH3 is 3. The minimum absolute atomic E-state index is 0.117. The molecule has 0 bridgehead atoms. The molecule has 0 unspecified atom stereocenters. The number of carbonyl (C=O) groups excluding carboxylic acids is 1. The van der Waals surface area contributed by atoms with Crippen molar-refractivity contribution in [2.24, 2.45) is 0 Å². The Hall–Kier alpha value is -2.73. The number of hydrogen-bond acceptors (Lipinski definition) is 5. The lowest BCUT2D eigenvalue weighted by Gasteiger charge is -2.37. The molecule has 0 N–H and O–H groups in total. The Bertz CT molecular complexity index is 1010. The Kier molecular flexibility index (Phi) is 6.81. The van der Waals surface area contributed by atoms with Crippen LogP contribution in [0.1, 0.15) is 50.3 Å². The SMILES string of the molecule is COc1ccc(CN2CCN(C(=O)C3(c4ccc(C(C)(C)C)cc4)CC3)CC2)c(OC)c1OC. The molecule has 184 valence electrons. The lowest BCUT2D eigenvalue weighted by molar-refractivity contribution is -0.135. The summed E-state index contributed by atoms with van der Waals surface area (Å²) in [6.45, 7) is 10.6. The molecule has 6 heteroatoms. The average Bonchev–Trinajstić information content (AvgIpc) is 3.65. The Morgan fingerprint density at radius 3 is 1.97 bits per heavy atom. The van der Waals surface area contributed by atoms with Gasteiger partial charge in [0.1, 0.15) is 0 Å². The lowest BCUT2D eigenvalue weighted by atomic mass is 9.84. The van der Waals surface area contributed by atoms with Crippen LogP contribution in [0.5, 0.6) is 17.2 Å². The Labute approximate surface area is 203 Å². The monoisotopic (exact) mass is 466 g/mol. The molecule has 2 aliphatic rings. The van der Waals surface area contributed by atoms with Crippen molar-refractivity contribution in [3.8, 4) is 17.2 Å². The summed E-state index contributed by atoms with van der Waals surface area (Å²) in [6, 6.07) is 12.7. The molecule has 1 amide bonds. The Balaban J connectivity index is 1.40. The molecule has 1 saturated heterocycles. The summed E-state index contributed by atoms with van der Waals surface area (Å²) in [5, 5.41) is 0. The molecule has 1 aliphatic carbocycles. The first-order chi connectivity index (χ1) is 16.2. The van der Waals surface area contributed by atoms with Gasteiger partial charge < -0.3 is 19.1 Å². The van der Waals surface area contributed by atoms with Crippen LogP contribution in [-0.2, 0) is 22.2 Å². The maximum atomic E-state index is 13.5. The van der Waals surface area contributed by atoms with E-state index >= 15 is 0 Å². The van der Waals surface area contributed by atoms with Crippen LogP contribution in [0.15, 0.2) is 36.4 Å². The highest BCUT2D eigenvalue weighted by Crippen LogP contribution is 2.50. The van der Waals surface area contributed by atoms with Crippen molar-refractivity contribution in [3.63, 3.8) is 0 Å². The van der Waals surface area contributed by atoms with Gasteiger partial charge in [0.15, 0.2) is 11.5 Å². The average molecular weight is 467 g/mol. The second-order valence-corrected chi connectivity index (χ2v) is 10.5. The van der Waals surface area contributed by atoms with Crippen molar-refractivity contribution in [2.45, 2.75) is 51.0 Å². The van der Waals surface area contributed by atoms with E-state index < -0.39 is 0 Å². The van der Waals surface area contributed by atoms with E-state index in [-0.39, 0.29) is 10.8 Å². The minimum atomic E-state index is -0.314. The van der Waals surface area contributed by atoms with E-state index in [9.17, 15) is 4.79 Å². The minimum Gasteiger partial charge on any atom is -0.493 e. The molecule has 2 aromatic carbocycles. The van der Waals surface area contributed by atoms with Gasteiger partial charge in [-0.05, 0) is 35.4 Å². The number of benzene rings is 2. The zero-order valence-electron chi connectivity index (χ0n) is 21.4. The zero-order chi connectivity index (χ0) is 24.5. The summed E-state index contributed by atoms with van der Waals surface area (Å²) in [4.78, 5) is 18.0. The first kappa shape index (κ1) is 24.4. The molecule has 1 saturated carbocycles. The molecule has 0 radical (unpaired) electrons. The summed E-state index contributed by atoms with van der Waals surface area (Å²) in [5.41, 5.74) is 3.33. The van der Waals surface area contributed by atoms with Gasteiger partial charge in [0.05, 0.1) is 26.7 Å². The highest BCUT2D eigenvalue weighted by Gasteiger charge is 2.53. The number of amides is 1. The van der Waals surface area contributed by atoms with Gasteiger partial charge in [-0.2, -0.15) is 0 Å². The van der Waals surface area contributed by atoms with Gasteiger partial charge in [0.25, 0.3) is 0 Å². The number of nitrogens with zero attached hydrogens (tertiary/aromatic N) is 2. The van der Waals surface area contributed by atoms with Crippen molar-refractivity contribution in [1.29, 1.82) is 0 Å². The normalized spacial score (nSPS) is 17.9. The van der Waals surface area contributed by atoms with E-state index in [2.05, 4.69) is 54.8 Å². The molecule has 4 rings (SSSR count). The number of rotatable bonds is 7. The summed E-state index contributed by atoms with van der Waals surface area (Å²) in [7, 11) is 4.90. The van der Waals surface area contributed by atoms with Crippen LogP contribution in [0.25, 0.3) is 0 Å². The first-order valence-electron chi connectivity index (χ1n) is 12.1. The molecule has 0 atom stereocenters. The quantitative estimate of drug-likeness (QED) is 0.606. The zero-order valence-corrected chi connectivity index (χ0v) is 21.4. The Morgan fingerprint density at radius 1 is 0.853 bits per heavy atom. The number of hydrogen-bond donors (Lipinski definition) is 0. The van der Waals surface area contributed by atoms with Gasteiger partial charge in [-0.25, -0.2) is 0 Å². The number of carbonyl (C=O) groups is 1. The van der Waals surface area contributed by atoms with Crippen molar-refractivity contribution >= 4 is 5.91 Å². The van der Waals surface area contributed by atoms with E-state index in [0.717, 1.165) is 51.1 Å². The first-order valence-corrected chi connectivity index (χ1v) is 12.1. The molecular formula is C28H38N2O4. The predicted octanol–water partition coefficient (Wildman–Crippen LogP) is 4.39. The summed E-state index contributed by atoms with van der Waals surface area (Å²) >= 11 is 0. The number of ether oxygens (including phenoxy) is 3. The van der Waals surface area contributed by atoms with Gasteiger partial charge in [-0.3, -0.25) is 9.69 Å². The van der Waals surface area contributed by atoms with E-state index in [1.165, 1.54) is 11.1 Å². The second kappa shape index (κ2) is 9.49. The lowest BCUT2D eigenvalue weighted by Crippen LogP contribution is -2.51. The van der Waals surface area contributed by atoms with Crippen LogP contribution in [0, 0.1) is 0 Å². The van der Waals surface area contributed by atoms with Gasteiger partial charge in [0, 0.05) is 38.3 Å². The van der Waals surface area contributed by atoms with Gasteiger partial charge >= 0.3 is 0 Å². The topological polar surface area (TPSA) is 51.2 Å².